The van der Waals surface area contributed by atoms with Crippen LogP contribution < -0.4 is 0 Å². The van der Waals surface area contributed by atoms with Crippen molar-refractivity contribution in [3.8, 4) is 0 Å². The molecule has 1 N–H and O–H groups in total. The molecule has 0 radical (unpaired) electrons. The van der Waals surface area contributed by atoms with Gasteiger partial charge in [-0.3, -0.25) is 4.79 Å². The van der Waals surface area contributed by atoms with Gasteiger partial charge in [-0.05, 0) is 6.92 Å². The number of hydrogen-bond donors (Lipinski definition) is 1. The molecule has 0 saturated carbocycles. The number of aliphatic hydroxyl groups excluding tert-OH is 1. The Morgan fingerprint density at radius 3 is 2.70 bits per heavy atom. The van der Waals surface area contributed by atoms with E-state index in [-0.39, 0.29) is 11.7 Å². The van der Waals surface area contributed by atoms with Gasteiger partial charge in [0.1, 0.15) is 0 Å². The molecule has 56 valence electrons. The van der Waals surface area contributed by atoms with E-state index in [1.54, 1.807) is 18.9 Å². The number of ketones is 1. The third-order valence-electron chi connectivity index (χ3n) is 1.79. The Balaban J connectivity index is 2.92. The molecule has 0 fully saturated rings. The van der Waals surface area contributed by atoms with Crippen LogP contribution in [-0.2, 0) is 4.79 Å². The van der Waals surface area contributed by atoms with Gasteiger partial charge in [-0.2, -0.15) is 0 Å². The van der Waals surface area contributed by atoms with Crippen LogP contribution >= 0.6 is 0 Å². The van der Waals surface area contributed by atoms with E-state index in [4.69, 9.17) is 0 Å². The first-order valence-electron chi connectivity index (χ1n) is 3.27. The Kier molecular flexibility index (Phi) is 1.66. The molecule has 3 nitrogen and oxygen atoms in total. The summed E-state index contributed by atoms with van der Waals surface area (Å²) in [4.78, 5) is 12.6. The number of hydrogen-bond acceptors (Lipinski definition) is 3. The van der Waals surface area contributed by atoms with Crippen molar-refractivity contribution in [1.29, 1.82) is 0 Å². The van der Waals surface area contributed by atoms with Gasteiger partial charge < -0.3 is 10.0 Å². The maximum Gasteiger partial charge on any atom is 0.193 e. The first kappa shape index (κ1) is 7.12. The third kappa shape index (κ3) is 0.988. The lowest BCUT2D eigenvalue weighted by molar-refractivity contribution is -0.117. The van der Waals surface area contributed by atoms with Gasteiger partial charge in [0.05, 0.1) is 5.57 Å². The normalized spacial score (nSPS) is 20.2. The van der Waals surface area contributed by atoms with E-state index in [1.807, 2.05) is 0 Å². The summed E-state index contributed by atoms with van der Waals surface area (Å²) in [5, 5.41) is 9.20. The van der Waals surface area contributed by atoms with Gasteiger partial charge in [0.2, 0.25) is 0 Å². The van der Waals surface area contributed by atoms with Crippen LogP contribution in [0, 0.1) is 0 Å². The number of carbonyl (C=O) groups is 1. The van der Waals surface area contributed by atoms with Crippen LogP contribution in [0.5, 0.6) is 0 Å². The molecule has 0 amide bonds. The molecule has 0 aromatic heterocycles. The minimum Gasteiger partial charge on any atom is -0.494 e. The zero-order valence-electron chi connectivity index (χ0n) is 6.22. The summed E-state index contributed by atoms with van der Waals surface area (Å²) in [5.41, 5.74) is 0.480. The Morgan fingerprint density at radius 1 is 1.60 bits per heavy atom. The van der Waals surface area contributed by atoms with E-state index < -0.39 is 0 Å². The van der Waals surface area contributed by atoms with Gasteiger partial charge in [-0.25, -0.2) is 0 Å². The van der Waals surface area contributed by atoms with Crippen LogP contribution in [0.3, 0.4) is 0 Å². The lowest BCUT2D eigenvalue weighted by Crippen LogP contribution is -2.28. The molecular formula is C7H11NO2. The average molecular weight is 141 g/mol. The minimum atomic E-state index is 0.0515. The monoisotopic (exact) mass is 141 g/mol. The van der Waals surface area contributed by atoms with E-state index in [1.165, 1.54) is 0 Å². The molecule has 0 atom stereocenters. The van der Waals surface area contributed by atoms with Crippen molar-refractivity contribution in [3.63, 3.8) is 0 Å². The number of aliphatic hydroxyl groups is 1. The lowest BCUT2D eigenvalue weighted by atomic mass is 10.1. The van der Waals surface area contributed by atoms with Crippen molar-refractivity contribution >= 4 is 5.78 Å². The molecule has 1 aliphatic rings. The fourth-order valence-electron chi connectivity index (χ4n) is 0.974. The highest BCUT2D eigenvalue weighted by molar-refractivity contribution is 5.95. The predicted molar refractivity (Wildman–Crippen MR) is 37.6 cm³/mol. The van der Waals surface area contributed by atoms with Crippen molar-refractivity contribution in [2.24, 2.45) is 0 Å². The van der Waals surface area contributed by atoms with Crippen LogP contribution in [0.2, 0.25) is 0 Å². The smallest absolute Gasteiger partial charge is 0.193 e. The van der Waals surface area contributed by atoms with Crippen LogP contribution in [0.1, 0.15) is 13.3 Å². The second-order valence-electron chi connectivity index (χ2n) is 2.54. The largest absolute Gasteiger partial charge is 0.494 e. The molecule has 0 spiro atoms. The van der Waals surface area contributed by atoms with E-state index in [9.17, 15) is 9.90 Å². The molecule has 0 saturated heterocycles. The Morgan fingerprint density at radius 2 is 2.20 bits per heavy atom. The topological polar surface area (TPSA) is 40.5 Å². The SMILES string of the molecule is CC1=C(O)N(C)CCC1=O. The van der Waals surface area contributed by atoms with Crippen LogP contribution in [0.15, 0.2) is 11.5 Å². The fraction of sp³-hybridized carbons (Fsp3) is 0.571. The van der Waals surface area contributed by atoms with E-state index >= 15 is 0 Å². The number of Topliss-reactive ketones (excluding diaryl/α,β-unsaturated/α-hetero) is 1. The van der Waals surface area contributed by atoms with Crippen LogP contribution in [0.4, 0.5) is 0 Å². The van der Waals surface area contributed by atoms with Crippen molar-refractivity contribution in [2.75, 3.05) is 13.6 Å². The zero-order chi connectivity index (χ0) is 7.72. The zero-order valence-corrected chi connectivity index (χ0v) is 6.22. The van der Waals surface area contributed by atoms with Gasteiger partial charge in [0.25, 0.3) is 0 Å². The van der Waals surface area contributed by atoms with Crippen LogP contribution in [0.25, 0.3) is 0 Å². The minimum absolute atomic E-state index is 0.0515. The lowest BCUT2D eigenvalue weighted by Gasteiger charge is -2.23. The average Bonchev–Trinajstić information content (AvgIpc) is 1.93. The molecule has 0 unspecified atom stereocenters. The number of rotatable bonds is 0. The molecule has 3 heteroatoms. The molecule has 0 aliphatic carbocycles. The van der Waals surface area contributed by atoms with Crippen molar-refractivity contribution < 1.29 is 9.90 Å². The fourth-order valence-corrected chi connectivity index (χ4v) is 0.974. The van der Waals surface area contributed by atoms with E-state index in [0.717, 1.165) is 0 Å². The summed E-state index contributed by atoms with van der Waals surface area (Å²) in [6.07, 6.45) is 0.520. The third-order valence-corrected chi connectivity index (χ3v) is 1.79. The van der Waals surface area contributed by atoms with E-state index in [0.29, 0.717) is 18.5 Å². The Bertz CT molecular complexity index is 196. The second-order valence-corrected chi connectivity index (χ2v) is 2.54. The quantitative estimate of drug-likeness (QED) is 0.539. The van der Waals surface area contributed by atoms with E-state index in [2.05, 4.69) is 0 Å². The second kappa shape index (κ2) is 2.33. The summed E-state index contributed by atoms with van der Waals surface area (Å²) in [6, 6.07) is 0. The first-order valence-corrected chi connectivity index (χ1v) is 3.27. The number of carbonyl (C=O) groups excluding carboxylic acids is 1. The summed E-state index contributed by atoms with van der Waals surface area (Å²) in [6.45, 7) is 2.27. The maximum absolute atomic E-state index is 10.9. The highest BCUT2D eigenvalue weighted by Crippen LogP contribution is 2.14. The van der Waals surface area contributed by atoms with Crippen molar-refractivity contribution in [3.05, 3.63) is 11.5 Å². The van der Waals surface area contributed by atoms with Gasteiger partial charge >= 0.3 is 0 Å². The Hall–Kier alpha value is -0.990. The van der Waals surface area contributed by atoms with Crippen molar-refractivity contribution in [1.82, 2.24) is 4.90 Å². The van der Waals surface area contributed by atoms with Gasteiger partial charge in [0.15, 0.2) is 11.7 Å². The van der Waals surface area contributed by atoms with Crippen LogP contribution in [-0.4, -0.2) is 29.4 Å². The summed E-state index contributed by atoms with van der Waals surface area (Å²) >= 11 is 0. The highest BCUT2D eigenvalue weighted by Gasteiger charge is 2.19. The molecule has 0 aromatic carbocycles. The molecule has 1 aliphatic heterocycles. The summed E-state index contributed by atoms with van der Waals surface area (Å²) < 4.78 is 0. The molecule has 1 rings (SSSR count). The van der Waals surface area contributed by atoms with Gasteiger partial charge in [-0.1, -0.05) is 0 Å². The molecular weight excluding hydrogens is 130 g/mol. The van der Waals surface area contributed by atoms with Gasteiger partial charge in [-0.15, -0.1) is 0 Å². The number of nitrogens with zero attached hydrogens (tertiary/aromatic N) is 1. The molecule has 0 aromatic rings. The number of allylic oxidation sites excluding steroid dienone is 1. The van der Waals surface area contributed by atoms with Crippen molar-refractivity contribution in [2.45, 2.75) is 13.3 Å². The predicted octanol–water partition coefficient (Wildman–Crippen LogP) is 0.681. The molecule has 0 bridgehead atoms. The Labute approximate surface area is 59.9 Å². The first-order chi connectivity index (χ1) is 4.63. The molecule has 1 heterocycles. The maximum atomic E-state index is 10.9. The summed E-state index contributed by atoms with van der Waals surface area (Å²) in [7, 11) is 1.77. The summed E-state index contributed by atoms with van der Waals surface area (Å²) in [5.74, 6) is 0.173. The standard InChI is InChI=1S/C7H11NO2/c1-5-6(9)3-4-8(2)7(5)10/h10H,3-4H2,1-2H3. The highest BCUT2D eigenvalue weighted by atomic mass is 16.3. The molecule has 10 heavy (non-hydrogen) atoms. The van der Waals surface area contributed by atoms with Gasteiger partial charge in [0, 0.05) is 20.0 Å².